The lowest BCUT2D eigenvalue weighted by Gasteiger charge is -2.14. The minimum atomic E-state index is -0.602. The monoisotopic (exact) mass is 344 g/mol. The lowest BCUT2D eigenvalue weighted by atomic mass is 10.2. The van der Waals surface area contributed by atoms with Crippen molar-refractivity contribution in [2.24, 2.45) is 10.9 Å². The molecule has 0 aliphatic carbocycles. The zero-order chi connectivity index (χ0) is 17.2. The fraction of sp³-hybridized carbons (Fsp3) is 0.533. The third-order valence-electron chi connectivity index (χ3n) is 3.07. The lowest BCUT2D eigenvalue weighted by molar-refractivity contribution is 0.0499. The summed E-state index contributed by atoms with van der Waals surface area (Å²) < 4.78 is 15.7. The molecule has 0 saturated heterocycles. The van der Waals surface area contributed by atoms with Crippen molar-refractivity contribution >= 4 is 23.3 Å². The van der Waals surface area contributed by atoms with E-state index in [9.17, 15) is 9.70 Å². The molecule has 0 aliphatic rings. The van der Waals surface area contributed by atoms with Crippen LogP contribution in [0.1, 0.15) is 30.1 Å². The van der Waals surface area contributed by atoms with E-state index in [-0.39, 0.29) is 28.1 Å². The van der Waals surface area contributed by atoms with Crippen LogP contribution in [0.2, 0.25) is 5.02 Å². The van der Waals surface area contributed by atoms with Gasteiger partial charge in [0.25, 0.3) is 0 Å². The Bertz CT molecular complexity index is 539. The summed E-state index contributed by atoms with van der Waals surface area (Å²) in [5.41, 5.74) is 5.47. The predicted octanol–water partition coefficient (Wildman–Crippen LogP) is 3.05. The maximum atomic E-state index is 11.6. The van der Waals surface area contributed by atoms with Gasteiger partial charge in [0, 0.05) is 13.0 Å². The molecule has 0 aromatic heterocycles. The molecule has 0 aliphatic heterocycles. The Kier molecular flexibility index (Phi) is 8.53. The Labute approximate surface area is 140 Å². The number of nitrogens with zero attached hydrogens (tertiary/aromatic N) is 1. The summed E-state index contributed by atoms with van der Waals surface area (Å²) in [6.45, 7) is 3.41. The number of nitrogens with two attached hydrogens (primary N) is 1. The summed E-state index contributed by atoms with van der Waals surface area (Å²) in [7, 11) is 1.24. The van der Waals surface area contributed by atoms with E-state index < -0.39 is 5.97 Å². The lowest BCUT2D eigenvalue weighted by Crippen LogP contribution is -2.15. The number of carbonyl (C=O) groups excluding carboxylic acids is 1. The first-order valence-electron chi connectivity index (χ1n) is 7.23. The Morgan fingerprint density at radius 2 is 2.13 bits per heavy atom. The van der Waals surface area contributed by atoms with E-state index >= 15 is 0 Å². The summed E-state index contributed by atoms with van der Waals surface area (Å²) in [6.07, 6.45) is 1.41. The minimum absolute atomic E-state index is 0.00668. The molecule has 7 nitrogen and oxygen atoms in total. The van der Waals surface area contributed by atoms with Crippen LogP contribution < -0.4 is 10.5 Å². The number of rotatable bonds is 10. The van der Waals surface area contributed by atoms with Gasteiger partial charge in [-0.15, -0.1) is 4.91 Å². The van der Waals surface area contributed by atoms with Gasteiger partial charge in [0.05, 0.1) is 25.4 Å². The molecule has 0 fully saturated rings. The molecule has 1 aromatic carbocycles. The van der Waals surface area contributed by atoms with Crippen LogP contribution in [0.15, 0.2) is 17.3 Å². The molecule has 2 N–H and O–H groups in total. The highest BCUT2D eigenvalue weighted by molar-refractivity contribution is 6.34. The molecule has 0 bridgehead atoms. The van der Waals surface area contributed by atoms with Gasteiger partial charge in [-0.05, 0) is 37.2 Å². The predicted molar refractivity (Wildman–Crippen MR) is 87.4 cm³/mol. The van der Waals surface area contributed by atoms with Crippen LogP contribution in [-0.2, 0) is 9.47 Å². The van der Waals surface area contributed by atoms with Crippen molar-refractivity contribution in [1.29, 1.82) is 0 Å². The van der Waals surface area contributed by atoms with Gasteiger partial charge in [-0.2, -0.15) is 0 Å². The van der Waals surface area contributed by atoms with Gasteiger partial charge in [-0.3, -0.25) is 0 Å². The summed E-state index contributed by atoms with van der Waals surface area (Å²) in [5, 5.41) is 2.85. The van der Waals surface area contributed by atoms with Crippen molar-refractivity contribution in [1.82, 2.24) is 0 Å². The van der Waals surface area contributed by atoms with Crippen molar-refractivity contribution < 1.29 is 19.0 Å². The molecular weight excluding hydrogens is 324 g/mol. The zero-order valence-corrected chi connectivity index (χ0v) is 14.0. The van der Waals surface area contributed by atoms with E-state index in [1.165, 1.54) is 19.2 Å². The topological polar surface area (TPSA) is 100 Å². The largest absolute Gasteiger partial charge is 0.492 e. The number of methoxy groups -OCH3 is 1. The van der Waals surface area contributed by atoms with Gasteiger partial charge in [-0.1, -0.05) is 11.6 Å². The van der Waals surface area contributed by atoms with Crippen LogP contribution in [0.25, 0.3) is 0 Å². The molecule has 8 heteroatoms. The highest BCUT2D eigenvalue weighted by Gasteiger charge is 2.16. The summed E-state index contributed by atoms with van der Waals surface area (Å²) in [4.78, 5) is 22.4. The van der Waals surface area contributed by atoms with E-state index in [4.69, 9.17) is 26.8 Å². The van der Waals surface area contributed by atoms with Crippen LogP contribution in [0.5, 0.6) is 5.75 Å². The van der Waals surface area contributed by atoms with Gasteiger partial charge >= 0.3 is 5.97 Å². The molecule has 1 atom stereocenters. The summed E-state index contributed by atoms with van der Waals surface area (Å²) >= 11 is 6.03. The molecule has 0 amide bonds. The van der Waals surface area contributed by atoms with Gasteiger partial charge in [0.2, 0.25) is 0 Å². The number of nitroso groups, excluding NO2 is 1. The first-order chi connectivity index (χ1) is 11.0. The average molecular weight is 345 g/mol. The number of ether oxygens (including phenoxy) is 3. The van der Waals surface area contributed by atoms with Crippen molar-refractivity contribution in [2.75, 3.05) is 26.9 Å². The van der Waals surface area contributed by atoms with E-state index in [0.717, 1.165) is 6.42 Å². The Morgan fingerprint density at radius 1 is 1.39 bits per heavy atom. The molecule has 1 aromatic rings. The van der Waals surface area contributed by atoms with Gasteiger partial charge < -0.3 is 19.9 Å². The van der Waals surface area contributed by atoms with Gasteiger partial charge in [0.1, 0.15) is 16.5 Å². The maximum absolute atomic E-state index is 11.6. The number of halogens is 1. The van der Waals surface area contributed by atoms with E-state index in [1.807, 2.05) is 6.92 Å². The standard InChI is InChI=1S/C15H21ClN2O5/c1-10(22-6-3-5-17)4-7-23-13-9-11(15(19)21-2)8-12(18-20)14(13)16/h8-10H,3-7,17H2,1-2H3. The number of hydrogen-bond donors (Lipinski definition) is 1. The summed E-state index contributed by atoms with van der Waals surface area (Å²) in [5.74, 6) is -0.395. The smallest absolute Gasteiger partial charge is 0.338 e. The second-order valence-electron chi connectivity index (χ2n) is 4.85. The average Bonchev–Trinajstić information content (AvgIpc) is 2.55. The highest BCUT2D eigenvalue weighted by atomic mass is 35.5. The molecule has 0 spiro atoms. The van der Waals surface area contributed by atoms with Crippen molar-refractivity contribution in [2.45, 2.75) is 25.9 Å². The van der Waals surface area contributed by atoms with Crippen LogP contribution in [0.3, 0.4) is 0 Å². The normalized spacial score (nSPS) is 11.8. The molecule has 128 valence electrons. The van der Waals surface area contributed by atoms with Crippen LogP contribution >= 0.6 is 11.6 Å². The van der Waals surface area contributed by atoms with Gasteiger partial charge in [0.15, 0.2) is 0 Å². The van der Waals surface area contributed by atoms with E-state index in [0.29, 0.717) is 26.2 Å². The molecule has 1 rings (SSSR count). The Balaban J connectivity index is 2.68. The van der Waals surface area contributed by atoms with E-state index in [1.54, 1.807) is 0 Å². The maximum Gasteiger partial charge on any atom is 0.338 e. The number of hydrogen-bond acceptors (Lipinski definition) is 7. The number of esters is 1. The SMILES string of the molecule is COC(=O)c1cc(N=O)c(Cl)c(OCCC(C)OCCCN)c1. The zero-order valence-electron chi connectivity index (χ0n) is 13.2. The molecular formula is C15H21ClN2O5. The van der Waals surface area contributed by atoms with Crippen molar-refractivity contribution in [3.8, 4) is 5.75 Å². The summed E-state index contributed by atoms with van der Waals surface area (Å²) in [6, 6.07) is 2.68. The third kappa shape index (κ3) is 6.13. The van der Waals surface area contributed by atoms with Gasteiger partial charge in [-0.25, -0.2) is 4.79 Å². The third-order valence-corrected chi connectivity index (χ3v) is 3.45. The molecule has 0 saturated carbocycles. The first kappa shape index (κ1) is 19.3. The Hall–Kier alpha value is -1.70. The molecule has 1 unspecified atom stereocenters. The van der Waals surface area contributed by atoms with Crippen molar-refractivity contribution in [3.63, 3.8) is 0 Å². The van der Waals surface area contributed by atoms with Crippen molar-refractivity contribution in [3.05, 3.63) is 27.6 Å². The van der Waals surface area contributed by atoms with Crippen LogP contribution in [0.4, 0.5) is 5.69 Å². The van der Waals surface area contributed by atoms with E-state index in [2.05, 4.69) is 9.91 Å². The minimum Gasteiger partial charge on any atom is -0.492 e. The fourth-order valence-corrected chi connectivity index (χ4v) is 1.97. The quantitative estimate of drug-likeness (QED) is 0.398. The second-order valence-corrected chi connectivity index (χ2v) is 5.23. The Morgan fingerprint density at radius 3 is 2.74 bits per heavy atom. The molecule has 0 radical (unpaired) electrons. The number of benzene rings is 1. The second kappa shape index (κ2) is 10.1. The van der Waals surface area contributed by atoms with Crippen LogP contribution in [-0.4, -0.2) is 38.9 Å². The fourth-order valence-electron chi connectivity index (χ4n) is 1.78. The molecule has 0 heterocycles. The number of carbonyl (C=O) groups is 1. The molecule has 23 heavy (non-hydrogen) atoms. The first-order valence-corrected chi connectivity index (χ1v) is 7.61. The highest BCUT2D eigenvalue weighted by Crippen LogP contribution is 2.36. The van der Waals surface area contributed by atoms with Crippen LogP contribution in [0, 0.1) is 4.91 Å².